The van der Waals surface area contributed by atoms with Crippen LogP contribution in [0.25, 0.3) is 0 Å². The van der Waals surface area contributed by atoms with E-state index in [4.69, 9.17) is 4.74 Å². The molecule has 0 bridgehead atoms. The summed E-state index contributed by atoms with van der Waals surface area (Å²) < 4.78 is 5.55. The largest absolute Gasteiger partial charge is 0.444 e. The van der Waals surface area contributed by atoms with E-state index in [0.29, 0.717) is 12.1 Å². The molecule has 0 aromatic heterocycles. The maximum absolute atomic E-state index is 12.3. The van der Waals surface area contributed by atoms with Gasteiger partial charge in [-0.3, -0.25) is 0 Å². The molecule has 0 aromatic carbocycles. The lowest BCUT2D eigenvalue weighted by atomic mass is 9.97. The van der Waals surface area contributed by atoms with E-state index in [2.05, 4.69) is 5.32 Å². The molecule has 0 aliphatic heterocycles. The summed E-state index contributed by atoms with van der Waals surface area (Å²) in [6.07, 6.45) is 12.7. The van der Waals surface area contributed by atoms with Crippen molar-refractivity contribution in [1.29, 1.82) is 0 Å². The van der Waals surface area contributed by atoms with Gasteiger partial charge in [0, 0.05) is 18.6 Å². The van der Waals surface area contributed by atoms with Crippen molar-refractivity contribution in [3.8, 4) is 0 Å². The summed E-state index contributed by atoms with van der Waals surface area (Å²) in [5.41, 5.74) is -0.401. The van der Waals surface area contributed by atoms with Gasteiger partial charge in [0.25, 0.3) is 0 Å². The third-order valence-corrected chi connectivity index (χ3v) is 4.73. The van der Waals surface area contributed by atoms with Gasteiger partial charge in [0.2, 0.25) is 0 Å². The molecule has 4 heteroatoms. The SMILES string of the molecule is CC(C)(C)OC(=O)N(CCCNC1CCCCCCC1)C1CC1. The number of hydrogen-bond acceptors (Lipinski definition) is 3. The topological polar surface area (TPSA) is 41.6 Å². The molecule has 2 saturated carbocycles. The predicted octanol–water partition coefficient (Wildman–Crippen LogP) is 4.48. The maximum Gasteiger partial charge on any atom is 0.410 e. The summed E-state index contributed by atoms with van der Waals surface area (Å²) in [5.74, 6) is 0. The number of carbonyl (C=O) groups is 1. The highest BCUT2D eigenvalue weighted by Crippen LogP contribution is 2.28. The van der Waals surface area contributed by atoms with Crippen molar-refractivity contribution in [3.05, 3.63) is 0 Å². The molecule has 0 aromatic rings. The zero-order valence-electron chi connectivity index (χ0n) is 15.4. The molecule has 0 atom stereocenters. The average Bonchev–Trinajstić information content (AvgIpc) is 3.22. The summed E-state index contributed by atoms with van der Waals surface area (Å²) >= 11 is 0. The summed E-state index contributed by atoms with van der Waals surface area (Å²) in [5, 5.41) is 3.71. The van der Waals surface area contributed by atoms with Crippen LogP contribution in [0.2, 0.25) is 0 Å². The van der Waals surface area contributed by atoms with Crippen LogP contribution in [0.1, 0.15) is 85.0 Å². The Kier molecular flexibility index (Phi) is 7.19. The van der Waals surface area contributed by atoms with Crippen molar-refractivity contribution < 1.29 is 9.53 Å². The van der Waals surface area contributed by atoms with Crippen molar-refractivity contribution >= 4 is 6.09 Å². The van der Waals surface area contributed by atoms with Crippen LogP contribution in [-0.4, -0.2) is 41.8 Å². The molecule has 2 fully saturated rings. The second kappa shape index (κ2) is 8.91. The second-order valence-corrected chi connectivity index (χ2v) is 8.25. The fourth-order valence-electron chi connectivity index (χ4n) is 3.35. The van der Waals surface area contributed by atoms with Gasteiger partial charge in [-0.25, -0.2) is 4.79 Å². The van der Waals surface area contributed by atoms with Crippen molar-refractivity contribution in [2.24, 2.45) is 0 Å². The van der Waals surface area contributed by atoms with E-state index in [1.54, 1.807) is 0 Å². The summed E-state index contributed by atoms with van der Waals surface area (Å²) in [6.45, 7) is 7.64. The van der Waals surface area contributed by atoms with Crippen molar-refractivity contribution in [1.82, 2.24) is 10.2 Å². The molecule has 2 aliphatic carbocycles. The number of amides is 1. The molecule has 134 valence electrons. The molecule has 2 aliphatic rings. The maximum atomic E-state index is 12.3. The molecule has 23 heavy (non-hydrogen) atoms. The third-order valence-electron chi connectivity index (χ3n) is 4.73. The van der Waals surface area contributed by atoms with E-state index >= 15 is 0 Å². The zero-order valence-corrected chi connectivity index (χ0v) is 15.4. The van der Waals surface area contributed by atoms with Gasteiger partial charge in [-0.2, -0.15) is 0 Å². The summed E-state index contributed by atoms with van der Waals surface area (Å²) in [6, 6.07) is 1.11. The summed E-state index contributed by atoms with van der Waals surface area (Å²) in [7, 11) is 0. The molecular formula is C19H36N2O2. The first-order valence-corrected chi connectivity index (χ1v) is 9.69. The first kappa shape index (κ1) is 18.6. The molecule has 0 spiro atoms. The number of nitrogens with zero attached hydrogens (tertiary/aromatic N) is 1. The van der Waals surface area contributed by atoms with Crippen LogP contribution in [0.5, 0.6) is 0 Å². The Hall–Kier alpha value is -0.770. The Labute approximate surface area is 142 Å². The number of nitrogens with one attached hydrogen (secondary N) is 1. The Bertz CT molecular complexity index is 353. The first-order valence-electron chi connectivity index (χ1n) is 9.69. The normalized spacial score (nSPS) is 20.7. The lowest BCUT2D eigenvalue weighted by molar-refractivity contribution is 0.0231. The van der Waals surface area contributed by atoms with E-state index in [9.17, 15) is 4.79 Å². The first-order chi connectivity index (χ1) is 11.0. The summed E-state index contributed by atoms with van der Waals surface area (Å²) in [4.78, 5) is 14.3. The van der Waals surface area contributed by atoms with Crippen molar-refractivity contribution in [3.63, 3.8) is 0 Å². The molecule has 0 saturated heterocycles. The van der Waals surface area contributed by atoms with Crippen molar-refractivity contribution in [2.45, 2.75) is 103 Å². The third kappa shape index (κ3) is 7.56. The highest BCUT2D eigenvalue weighted by molar-refractivity contribution is 5.69. The fraction of sp³-hybridized carbons (Fsp3) is 0.947. The van der Waals surface area contributed by atoms with E-state index < -0.39 is 5.60 Å². The van der Waals surface area contributed by atoms with Crippen LogP contribution < -0.4 is 5.32 Å². The second-order valence-electron chi connectivity index (χ2n) is 8.25. The van der Waals surface area contributed by atoms with E-state index in [1.165, 1.54) is 44.9 Å². The molecule has 0 unspecified atom stereocenters. The smallest absolute Gasteiger partial charge is 0.410 e. The van der Waals surface area contributed by atoms with Gasteiger partial charge in [0.05, 0.1) is 0 Å². The van der Waals surface area contributed by atoms with Crippen LogP contribution in [-0.2, 0) is 4.74 Å². The molecular weight excluding hydrogens is 288 g/mol. The number of hydrogen-bond donors (Lipinski definition) is 1. The molecule has 1 N–H and O–H groups in total. The van der Waals surface area contributed by atoms with Crippen LogP contribution in [0.15, 0.2) is 0 Å². The number of ether oxygens (including phenoxy) is 1. The molecule has 0 radical (unpaired) electrons. The Morgan fingerprint density at radius 1 is 1.04 bits per heavy atom. The number of carbonyl (C=O) groups excluding carboxylic acids is 1. The van der Waals surface area contributed by atoms with Gasteiger partial charge in [0.15, 0.2) is 0 Å². The van der Waals surface area contributed by atoms with E-state index in [1.807, 2.05) is 25.7 Å². The minimum Gasteiger partial charge on any atom is -0.444 e. The van der Waals surface area contributed by atoms with Gasteiger partial charge in [-0.15, -0.1) is 0 Å². The molecule has 4 nitrogen and oxygen atoms in total. The van der Waals surface area contributed by atoms with Crippen LogP contribution in [0.4, 0.5) is 4.79 Å². The van der Waals surface area contributed by atoms with Gasteiger partial charge >= 0.3 is 6.09 Å². The van der Waals surface area contributed by atoms with Crippen LogP contribution in [0, 0.1) is 0 Å². The Morgan fingerprint density at radius 2 is 1.65 bits per heavy atom. The van der Waals surface area contributed by atoms with E-state index in [0.717, 1.165) is 32.4 Å². The Morgan fingerprint density at radius 3 is 2.22 bits per heavy atom. The quantitative estimate of drug-likeness (QED) is 0.733. The number of rotatable bonds is 6. The standard InChI is InChI=1S/C19H36N2O2/c1-19(2,3)23-18(22)21(17-12-13-17)15-9-14-20-16-10-7-5-4-6-8-11-16/h16-17,20H,4-15H2,1-3H3. The highest BCUT2D eigenvalue weighted by atomic mass is 16.6. The van der Waals surface area contributed by atoms with E-state index in [-0.39, 0.29) is 6.09 Å². The van der Waals surface area contributed by atoms with Gasteiger partial charge in [-0.1, -0.05) is 32.1 Å². The minimum atomic E-state index is -0.401. The van der Waals surface area contributed by atoms with Gasteiger partial charge in [0.1, 0.15) is 5.60 Å². The molecule has 2 rings (SSSR count). The average molecular weight is 325 g/mol. The van der Waals surface area contributed by atoms with Gasteiger partial charge in [-0.05, 0) is 59.4 Å². The fourth-order valence-corrected chi connectivity index (χ4v) is 3.35. The van der Waals surface area contributed by atoms with Gasteiger partial charge < -0.3 is 15.0 Å². The molecule has 1 amide bonds. The molecule has 0 heterocycles. The van der Waals surface area contributed by atoms with Crippen LogP contribution >= 0.6 is 0 Å². The lowest BCUT2D eigenvalue weighted by Crippen LogP contribution is -2.40. The zero-order chi connectivity index (χ0) is 16.7. The monoisotopic (exact) mass is 324 g/mol. The predicted molar refractivity (Wildman–Crippen MR) is 94.7 cm³/mol. The van der Waals surface area contributed by atoms with Crippen LogP contribution in [0.3, 0.4) is 0 Å². The van der Waals surface area contributed by atoms with Crippen molar-refractivity contribution in [2.75, 3.05) is 13.1 Å². The minimum absolute atomic E-state index is 0.133. The highest BCUT2D eigenvalue weighted by Gasteiger charge is 2.34. The lowest BCUT2D eigenvalue weighted by Gasteiger charge is -2.28. The Balaban J connectivity index is 1.67.